The number of alkyl halides is 3. The molecule has 1 saturated carbocycles. The third-order valence-corrected chi connectivity index (χ3v) is 8.81. The third-order valence-electron chi connectivity index (χ3n) is 8.81. The van der Waals surface area contributed by atoms with Crippen LogP contribution in [-0.4, -0.2) is 47.1 Å². The molecule has 4 heterocycles. The van der Waals surface area contributed by atoms with Gasteiger partial charge in [-0.25, -0.2) is 4.98 Å². The Kier molecular flexibility index (Phi) is 8.24. The Hall–Kier alpha value is -2.97. The number of nitrogens with one attached hydrogen (secondary N) is 2. The Morgan fingerprint density at radius 2 is 1.82 bits per heavy atom. The van der Waals surface area contributed by atoms with E-state index in [0.29, 0.717) is 24.9 Å². The van der Waals surface area contributed by atoms with Crippen molar-refractivity contribution in [3.05, 3.63) is 47.8 Å². The van der Waals surface area contributed by atoms with Gasteiger partial charge in [-0.1, -0.05) is 20.4 Å². The fourth-order valence-corrected chi connectivity index (χ4v) is 6.33. The number of benzene rings is 1. The molecule has 2 N–H and O–H groups in total. The lowest BCUT2D eigenvalue weighted by Gasteiger charge is -2.48. The summed E-state index contributed by atoms with van der Waals surface area (Å²) in [6.07, 6.45) is 5.01. The van der Waals surface area contributed by atoms with Gasteiger partial charge in [0.2, 0.25) is 5.95 Å². The largest absolute Gasteiger partial charge is 0.421 e. The number of piperidine rings is 3. The van der Waals surface area contributed by atoms with E-state index >= 15 is 0 Å². The number of aromatic nitrogens is 2. The fourth-order valence-electron chi connectivity index (χ4n) is 6.33. The van der Waals surface area contributed by atoms with E-state index in [2.05, 4.69) is 63.0 Å². The van der Waals surface area contributed by atoms with Gasteiger partial charge in [-0.2, -0.15) is 18.2 Å². The molecule has 212 valence electrons. The van der Waals surface area contributed by atoms with E-state index in [4.69, 9.17) is 0 Å². The average Bonchev–Trinajstić information content (AvgIpc) is 2.93. The lowest BCUT2D eigenvalue weighted by atomic mass is 9.78. The van der Waals surface area contributed by atoms with Gasteiger partial charge in [0.1, 0.15) is 11.4 Å². The summed E-state index contributed by atoms with van der Waals surface area (Å²) in [5, 5.41) is 6.13. The van der Waals surface area contributed by atoms with Crippen molar-refractivity contribution in [3.63, 3.8) is 0 Å². The van der Waals surface area contributed by atoms with Crippen LogP contribution in [0.4, 0.5) is 36.3 Å². The smallest absolute Gasteiger partial charge is 0.372 e. The van der Waals surface area contributed by atoms with Crippen molar-refractivity contribution in [1.82, 2.24) is 14.9 Å². The summed E-state index contributed by atoms with van der Waals surface area (Å²) in [4.78, 5) is 13.1. The minimum absolute atomic E-state index is 0.154. The highest BCUT2D eigenvalue weighted by molar-refractivity contribution is 5.65. The first-order valence-electron chi connectivity index (χ1n) is 14.5. The van der Waals surface area contributed by atoms with Crippen LogP contribution in [0.15, 0.2) is 36.7 Å². The van der Waals surface area contributed by atoms with Crippen LogP contribution in [0.3, 0.4) is 0 Å². The number of hydrogen-bond donors (Lipinski definition) is 2. The fraction of sp³-hybridized carbons (Fsp3) is 0.600. The minimum atomic E-state index is -4.54. The predicted octanol–water partition coefficient (Wildman–Crippen LogP) is 7.23. The number of halogens is 3. The molecule has 2 aromatic rings. The average molecular weight is 543 g/mol. The van der Waals surface area contributed by atoms with Gasteiger partial charge in [-0.15, -0.1) is 0 Å². The van der Waals surface area contributed by atoms with Gasteiger partial charge >= 0.3 is 6.18 Å². The molecule has 0 amide bonds. The highest BCUT2D eigenvalue weighted by atomic mass is 19.4. The molecular formula is C30H41F3N6. The molecule has 0 spiro atoms. The monoisotopic (exact) mass is 542 g/mol. The van der Waals surface area contributed by atoms with Crippen molar-refractivity contribution < 1.29 is 13.2 Å². The molecule has 6 rings (SSSR count). The Balaban J connectivity index is 1.26. The van der Waals surface area contributed by atoms with E-state index in [1.54, 1.807) is 0 Å². The van der Waals surface area contributed by atoms with Crippen LogP contribution < -0.4 is 15.5 Å². The first-order chi connectivity index (χ1) is 18.7. The van der Waals surface area contributed by atoms with Crippen molar-refractivity contribution >= 4 is 23.1 Å². The molecule has 39 heavy (non-hydrogen) atoms. The van der Waals surface area contributed by atoms with Crippen molar-refractivity contribution in [3.8, 4) is 0 Å². The molecular weight excluding hydrogens is 501 g/mol. The minimum Gasteiger partial charge on any atom is -0.372 e. The molecule has 0 atom stereocenters. The van der Waals surface area contributed by atoms with Crippen LogP contribution >= 0.6 is 0 Å². The maximum absolute atomic E-state index is 13.8. The van der Waals surface area contributed by atoms with Crippen LogP contribution in [-0.2, 0) is 12.6 Å². The number of rotatable bonds is 9. The summed E-state index contributed by atoms with van der Waals surface area (Å²) in [6.45, 7) is 11.9. The third kappa shape index (κ3) is 6.28. The van der Waals surface area contributed by atoms with Crippen molar-refractivity contribution in [1.29, 1.82) is 0 Å². The Morgan fingerprint density at radius 3 is 2.49 bits per heavy atom. The Labute approximate surface area is 230 Å². The molecule has 1 aliphatic carbocycles. The lowest BCUT2D eigenvalue weighted by molar-refractivity contribution is -0.137. The summed E-state index contributed by atoms with van der Waals surface area (Å²) >= 11 is 0. The van der Waals surface area contributed by atoms with Crippen LogP contribution in [0.25, 0.3) is 0 Å². The van der Waals surface area contributed by atoms with Crippen LogP contribution in [0, 0.1) is 11.8 Å². The zero-order chi connectivity index (χ0) is 27.6. The quantitative estimate of drug-likeness (QED) is 0.326. The number of allylic oxidation sites excluding steroid dienone is 1. The second kappa shape index (κ2) is 11.6. The van der Waals surface area contributed by atoms with Crippen LogP contribution in [0.5, 0.6) is 0 Å². The van der Waals surface area contributed by atoms with E-state index < -0.39 is 11.7 Å². The van der Waals surface area contributed by atoms with Gasteiger partial charge in [-0.3, -0.25) is 0 Å². The molecule has 9 heteroatoms. The standard InChI is InChI=1S/C30H41F3N6/c1-4-22-18-25(38-16-12-20(2)13-17-38)10-11-27(22)36-29-35-19-26(30(31,32)33)28(37-29)34-14-5-15-39-21(3)23-6-8-24(39)9-7-23/h10-11,18-20,23-24H,3-9,12-17H2,1-2H3,(H2,34,35,36,37). The lowest BCUT2D eigenvalue weighted by Crippen LogP contribution is -2.46. The number of hydrogen-bond acceptors (Lipinski definition) is 6. The summed E-state index contributed by atoms with van der Waals surface area (Å²) in [7, 11) is 0. The molecule has 1 aromatic carbocycles. The van der Waals surface area contributed by atoms with E-state index in [1.165, 1.54) is 49.9 Å². The first-order valence-corrected chi connectivity index (χ1v) is 14.5. The van der Waals surface area contributed by atoms with Gasteiger partial charge in [-0.05, 0) is 87.0 Å². The number of anilines is 4. The molecule has 1 aromatic heterocycles. The van der Waals surface area contributed by atoms with E-state index in [-0.39, 0.29) is 11.8 Å². The van der Waals surface area contributed by atoms with Crippen molar-refractivity contribution in [2.24, 2.45) is 11.8 Å². The summed E-state index contributed by atoms with van der Waals surface area (Å²) in [5.74, 6) is 1.30. The molecule has 3 aliphatic heterocycles. The van der Waals surface area contributed by atoms with E-state index in [1.807, 2.05) is 6.07 Å². The van der Waals surface area contributed by atoms with Gasteiger partial charge in [0.25, 0.3) is 0 Å². The molecule has 6 nitrogen and oxygen atoms in total. The Morgan fingerprint density at radius 1 is 1.08 bits per heavy atom. The molecule has 2 bridgehead atoms. The molecule has 3 saturated heterocycles. The normalized spacial score (nSPS) is 21.9. The Bertz CT molecular complexity index is 1150. The predicted molar refractivity (Wildman–Crippen MR) is 151 cm³/mol. The molecule has 4 fully saturated rings. The van der Waals surface area contributed by atoms with E-state index in [0.717, 1.165) is 49.4 Å². The van der Waals surface area contributed by atoms with Crippen molar-refractivity contribution in [2.75, 3.05) is 41.7 Å². The molecule has 4 aliphatic rings. The SMILES string of the molecule is C=C1C2CCC(CC2)N1CCCNc1nc(Nc2ccc(N3CCC(C)CC3)cc2CC)ncc1C(F)(F)F. The van der Waals surface area contributed by atoms with Crippen molar-refractivity contribution in [2.45, 2.75) is 77.4 Å². The zero-order valence-electron chi connectivity index (χ0n) is 23.2. The maximum atomic E-state index is 13.8. The highest BCUT2D eigenvalue weighted by Crippen LogP contribution is 2.41. The topological polar surface area (TPSA) is 56.3 Å². The summed E-state index contributed by atoms with van der Waals surface area (Å²) in [5.41, 5.74) is 3.44. The number of nitrogens with zero attached hydrogens (tertiary/aromatic N) is 4. The van der Waals surface area contributed by atoms with Gasteiger partial charge in [0, 0.05) is 55.5 Å². The first kappa shape index (κ1) is 27.6. The number of fused-ring (bicyclic) bond motifs is 3. The number of aryl methyl sites for hydroxylation is 1. The second-order valence-corrected chi connectivity index (χ2v) is 11.4. The zero-order valence-corrected chi connectivity index (χ0v) is 23.2. The van der Waals surface area contributed by atoms with Gasteiger partial charge in [0.15, 0.2) is 0 Å². The summed E-state index contributed by atoms with van der Waals surface area (Å²) < 4.78 is 41.3. The van der Waals surface area contributed by atoms with Gasteiger partial charge < -0.3 is 20.4 Å². The molecule has 0 radical (unpaired) electrons. The maximum Gasteiger partial charge on any atom is 0.421 e. The highest BCUT2D eigenvalue weighted by Gasteiger charge is 2.37. The summed E-state index contributed by atoms with van der Waals surface area (Å²) in [6, 6.07) is 6.75. The second-order valence-electron chi connectivity index (χ2n) is 11.4. The van der Waals surface area contributed by atoms with Gasteiger partial charge in [0.05, 0.1) is 0 Å². The van der Waals surface area contributed by atoms with Crippen LogP contribution in [0.2, 0.25) is 0 Å². The van der Waals surface area contributed by atoms with Crippen LogP contribution in [0.1, 0.15) is 69.9 Å². The van der Waals surface area contributed by atoms with E-state index in [9.17, 15) is 13.2 Å². The molecule has 0 unspecified atom stereocenters.